The molecule has 3 rings (SSSR count). The van der Waals surface area contributed by atoms with Gasteiger partial charge in [-0.3, -0.25) is 0 Å². The van der Waals surface area contributed by atoms with Crippen molar-refractivity contribution in [2.24, 2.45) is 5.92 Å². The number of pyridine rings is 1. The lowest BCUT2D eigenvalue weighted by Crippen LogP contribution is -2.22. The Balaban J connectivity index is 1.55. The molecule has 2 aromatic heterocycles. The number of thiazole rings is 1. The molecule has 1 aliphatic heterocycles. The molecular formula is C15H17F3N4S. The number of alkyl halides is 3. The summed E-state index contributed by atoms with van der Waals surface area (Å²) in [4.78, 5) is 9.59. The molecule has 0 saturated carbocycles. The number of rotatable bonds is 4. The van der Waals surface area contributed by atoms with Gasteiger partial charge in [-0.15, -0.1) is 0 Å². The smallest absolute Gasteiger partial charge is 0.370 e. The molecule has 2 aromatic rings. The first-order valence-electron chi connectivity index (χ1n) is 7.37. The third-order valence-electron chi connectivity index (χ3n) is 3.79. The monoisotopic (exact) mass is 342 g/mol. The van der Waals surface area contributed by atoms with Gasteiger partial charge in [0.1, 0.15) is 10.7 Å². The first-order chi connectivity index (χ1) is 10.9. The molecule has 0 bridgehead atoms. The van der Waals surface area contributed by atoms with Crippen LogP contribution in [0.5, 0.6) is 0 Å². The molecule has 0 spiro atoms. The Labute approximate surface area is 136 Å². The van der Waals surface area contributed by atoms with Gasteiger partial charge in [0.2, 0.25) is 0 Å². The topological polar surface area (TPSA) is 41.0 Å². The number of aromatic nitrogens is 2. The van der Waals surface area contributed by atoms with Gasteiger partial charge >= 0.3 is 6.18 Å². The molecule has 1 unspecified atom stereocenters. The minimum absolute atomic E-state index is 0.371. The predicted molar refractivity (Wildman–Crippen MR) is 84.9 cm³/mol. The molecule has 1 atom stereocenters. The number of anilines is 2. The maximum absolute atomic E-state index is 12.6. The SMILES string of the molecule is Cc1cccc(NCC2CCN(c3ncc(C(F)(F)F)s3)C2)n1. The second kappa shape index (κ2) is 6.35. The van der Waals surface area contributed by atoms with Gasteiger partial charge in [-0.1, -0.05) is 17.4 Å². The van der Waals surface area contributed by atoms with Gasteiger partial charge in [0.15, 0.2) is 5.13 Å². The minimum atomic E-state index is -4.31. The van der Waals surface area contributed by atoms with E-state index in [1.807, 2.05) is 30.0 Å². The summed E-state index contributed by atoms with van der Waals surface area (Å²) >= 11 is 0.713. The average molecular weight is 342 g/mol. The van der Waals surface area contributed by atoms with E-state index in [9.17, 15) is 13.2 Å². The molecule has 0 amide bonds. The lowest BCUT2D eigenvalue weighted by molar-refractivity contribution is -0.134. The van der Waals surface area contributed by atoms with Crippen LogP contribution in [0.4, 0.5) is 24.1 Å². The van der Waals surface area contributed by atoms with Gasteiger partial charge in [-0.05, 0) is 31.4 Å². The van der Waals surface area contributed by atoms with Crippen molar-refractivity contribution in [1.82, 2.24) is 9.97 Å². The molecule has 1 N–H and O–H groups in total. The zero-order valence-electron chi connectivity index (χ0n) is 12.6. The fourth-order valence-electron chi connectivity index (χ4n) is 2.61. The number of nitrogens with one attached hydrogen (secondary N) is 1. The van der Waals surface area contributed by atoms with Crippen LogP contribution in [0.2, 0.25) is 0 Å². The maximum Gasteiger partial charge on any atom is 0.427 e. The number of aryl methyl sites for hydroxylation is 1. The molecule has 0 aliphatic carbocycles. The van der Waals surface area contributed by atoms with Crippen molar-refractivity contribution in [2.45, 2.75) is 19.5 Å². The van der Waals surface area contributed by atoms with Crippen LogP contribution >= 0.6 is 11.3 Å². The standard InChI is InChI=1S/C15H17F3N4S/c1-10-3-2-4-13(21-10)19-7-11-5-6-22(9-11)14-20-8-12(23-14)15(16,17)18/h2-4,8,11H,5-7,9H2,1H3,(H,19,21). The summed E-state index contributed by atoms with van der Waals surface area (Å²) in [5.41, 5.74) is 0.950. The highest BCUT2D eigenvalue weighted by Gasteiger charge is 2.34. The molecule has 1 saturated heterocycles. The summed E-state index contributed by atoms with van der Waals surface area (Å²) in [6.45, 7) is 4.13. The first kappa shape index (κ1) is 16.0. The van der Waals surface area contributed by atoms with Gasteiger partial charge in [0, 0.05) is 25.3 Å². The lowest BCUT2D eigenvalue weighted by Gasteiger charge is -2.15. The van der Waals surface area contributed by atoms with Crippen molar-refractivity contribution in [3.8, 4) is 0 Å². The highest BCUT2D eigenvalue weighted by molar-refractivity contribution is 7.15. The van der Waals surface area contributed by atoms with Gasteiger partial charge in [-0.2, -0.15) is 13.2 Å². The molecular weight excluding hydrogens is 325 g/mol. The summed E-state index contributed by atoms with van der Waals surface area (Å²) in [5.74, 6) is 1.20. The maximum atomic E-state index is 12.6. The van der Waals surface area contributed by atoms with Crippen molar-refractivity contribution in [1.29, 1.82) is 0 Å². The highest BCUT2D eigenvalue weighted by atomic mass is 32.1. The largest absolute Gasteiger partial charge is 0.427 e. The highest BCUT2D eigenvalue weighted by Crippen LogP contribution is 2.37. The van der Waals surface area contributed by atoms with E-state index in [0.717, 1.165) is 37.2 Å². The van der Waals surface area contributed by atoms with Crippen LogP contribution in [0.1, 0.15) is 17.0 Å². The zero-order valence-corrected chi connectivity index (χ0v) is 13.4. The Kier molecular flexibility index (Phi) is 4.43. The molecule has 4 nitrogen and oxygen atoms in total. The quantitative estimate of drug-likeness (QED) is 0.917. The Hall–Kier alpha value is -1.83. The normalized spacial score (nSPS) is 18.4. The second-order valence-corrected chi connectivity index (χ2v) is 6.66. The van der Waals surface area contributed by atoms with E-state index >= 15 is 0 Å². The summed E-state index contributed by atoms with van der Waals surface area (Å²) < 4.78 is 37.9. The number of nitrogens with zero attached hydrogens (tertiary/aromatic N) is 3. The fraction of sp³-hybridized carbons (Fsp3) is 0.467. The van der Waals surface area contributed by atoms with Crippen LogP contribution < -0.4 is 10.2 Å². The summed E-state index contributed by atoms with van der Waals surface area (Å²) in [6, 6.07) is 5.79. The van der Waals surface area contributed by atoms with Crippen molar-refractivity contribution < 1.29 is 13.2 Å². The fourth-order valence-corrected chi connectivity index (χ4v) is 3.42. The van der Waals surface area contributed by atoms with Crippen molar-refractivity contribution in [2.75, 3.05) is 29.9 Å². The van der Waals surface area contributed by atoms with E-state index in [1.165, 1.54) is 0 Å². The van der Waals surface area contributed by atoms with Crippen LogP contribution in [0.3, 0.4) is 0 Å². The van der Waals surface area contributed by atoms with Gasteiger partial charge in [-0.25, -0.2) is 9.97 Å². The molecule has 124 valence electrons. The minimum Gasteiger partial charge on any atom is -0.370 e. The number of hydrogen-bond acceptors (Lipinski definition) is 5. The number of hydrogen-bond donors (Lipinski definition) is 1. The third-order valence-corrected chi connectivity index (χ3v) is 4.89. The molecule has 0 radical (unpaired) electrons. The predicted octanol–water partition coefficient (Wildman–Crippen LogP) is 3.80. The van der Waals surface area contributed by atoms with Crippen molar-refractivity contribution in [3.63, 3.8) is 0 Å². The van der Waals surface area contributed by atoms with E-state index in [0.29, 0.717) is 28.9 Å². The van der Waals surface area contributed by atoms with Crippen LogP contribution in [-0.4, -0.2) is 29.6 Å². The molecule has 0 aromatic carbocycles. The van der Waals surface area contributed by atoms with Crippen molar-refractivity contribution >= 4 is 22.3 Å². The Bertz CT molecular complexity index is 671. The first-order valence-corrected chi connectivity index (χ1v) is 8.19. The van der Waals surface area contributed by atoms with E-state index in [4.69, 9.17) is 0 Å². The second-order valence-electron chi connectivity index (χ2n) is 5.65. The summed E-state index contributed by atoms with van der Waals surface area (Å²) in [7, 11) is 0. The van der Waals surface area contributed by atoms with E-state index < -0.39 is 11.1 Å². The molecule has 1 fully saturated rings. The van der Waals surface area contributed by atoms with Gasteiger partial charge in [0.05, 0.1) is 6.20 Å². The van der Waals surface area contributed by atoms with E-state index in [1.54, 1.807) is 0 Å². The average Bonchev–Trinajstić information content (AvgIpc) is 3.13. The van der Waals surface area contributed by atoms with E-state index in [2.05, 4.69) is 15.3 Å². The lowest BCUT2D eigenvalue weighted by atomic mass is 10.1. The Morgan fingerprint density at radius 1 is 1.39 bits per heavy atom. The van der Waals surface area contributed by atoms with Crippen LogP contribution in [-0.2, 0) is 6.18 Å². The van der Waals surface area contributed by atoms with E-state index in [-0.39, 0.29) is 0 Å². The number of halogens is 3. The van der Waals surface area contributed by atoms with Gasteiger partial charge < -0.3 is 10.2 Å². The van der Waals surface area contributed by atoms with Crippen LogP contribution in [0.15, 0.2) is 24.4 Å². The molecule has 8 heteroatoms. The zero-order chi connectivity index (χ0) is 16.4. The van der Waals surface area contributed by atoms with Gasteiger partial charge in [0.25, 0.3) is 0 Å². The van der Waals surface area contributed by atoms with Crippen LogP contribution in [0, 0.1) is 12.8 Å². The molecule has 3 heterocycles. The third kappa shape index (κ3) is 3.93. The molecule has 23 heavy (non-hydrogen) atoms. The molecule has 1 aliphatic rings. The Morgan fingerprint density at radius 3 is 2.91 bits per heavy atom. The summed E-state index contributed by atoms with van der Waals surface area (Å²) in [6.07, 6.45) is -2.46. The summed E-state index contributed by atoms with van der Waals surface area (Å²) in [5, 5.41) is 3.75. The van der Waals surface area contributed by atoms with Crippen LogP contribution in [0.25, 0.3) is 0 Å². The Morgan fingerprint density at radius 2 is 2.22 bits per heavy atom. The van der Waals surface area contributed by atoms with Crippen molar-refractivity contribution in [3.05, 3.63) is 35.0 Å².